The van der Waals surface area contributed by atoms with Gasteiger partial charge in [-0.3, -0.25) is 4.79 Å². The topological polar surface area (TPSA) is 64.7 Å². The molecule has 0 aliphatic heterocycles. The second-order valence-electron chi connectivity index (χ2n) is 8.84. The lowest BCUT2D eigenvalue weighted by Crippen LogP contribution is -2.31. The van der Waals surface area contributed by atoms with E-state index >= 15 is 0 Å². The number of aryl methyl sites for hydroxylation is 1. The summed E-state index contributed by atoms with van der Waals surface area (Å²) in [5, 5.41) is 7.57. The zero-order chi connectivity index (χ0) is 22.1. The van der Waals surface area contributed by atoms with Gasteiger partial charge in [-0.1, -0.05) is 30.3 Å². The van der Waals surface area contributed by atoms with Crippen molar-refractivity contribution in [1.82, 2.24) is 24.6 Å². The summed E-state index contributed by atoms with van der Waals surface area (Å²) in [5.74, 6) is 2.15. The summed E-state index contributed by atoms with van der Waals surface area (Å²) in [5.41, 5.74) is 4.74. The van der Waals surface area contributed by atoms with Crippen LogP contribution in [-0.2, 0) is 7.05 Å². The highest BCUT2D eigenvalue weighted by atomic mass is 16.1. The Labute approximate surface area is 188 Å². The third-order valence-electron chi connectivity index (χ3n) is 6.84. The number of nitrogens with one attached hydrogen (secondary N) is 1. The van der Waals surface area contributed by atoms with Crippen molar-refractivity contribution in [3.05, 3.63) is 77.9 Å². The standard InChI is InChI=1S/C26H29N5O/c1-18-22(17-28-31(18)21-8-4-3-5-9-21)26(32)27-16-19-12-14-20(15-13-19)25-29-23-10-6-7-11-24(23)30(25)2/h3-11,17,19-20H,12-16H2,1-2H3,(H,27,32). The van der Waals surface area contributed by atoms with Gasteiger partial charge in [-0.25, -0.2) is 9.67 Å². The number of para-hydroxylation sites is 3. The molecule has 0 spiro atoms. The molecule has 4 aromatic rings. The molecule has 0 atom stereocenters. The summed E-state index contributed by atoms with van der Waals surface area (Å²) in [4.78, 5) is 17.7. The molecular weight excluding hydrogens is 398 g/mol. The minimum Gasteiger partial charge on any atom is -0.352 e. The molecule has 1 saturated carbocycles. The first-order valence-corrected chi connectivity index (χ1v) is 11.4. The second kappa shape index (κ2) is 8.61. The van der Waals surface area contributed by atoms with Crippen LogP contribution in [-0.4, -0.2) is 31.8 Å². The van der Waals surface area contributed by atoms with E-state index in [2.05, 4.69) is 40.2 Å². The van der Waals surface area contributed by atoms with E-state index in [9.17, 15) is 4.79 Å². The zero-order valence-electron chi connectivity index (χ0n) is 18.7. The first-order valence-electron chi connectivity index (χ1n) is 11.4. The van der Waals surface area contributed by atoms with E-state index in [-0.39, 0.29) is 5.91 Å². The van der Waals surface area contributed by atoms with Crippen LogP contribution in [0.25, 0.3) is 16.7 Å². The van der Waals surface area contributed by atoms with Crippen LogP contribution in [0.15, 0.2) is 60.8 Å². The fourth-order valence-electron chi connectivity index (χ4n) is 4.95. The van der Waals surface area contributed by atoms with Crippen LogP contribution in [0.2, 0.25) is 0 Å². The number of fused-ring (bicyclic) bond motifs is 1. The molecule has 0 radical (unpaired) electrons. The average Bonchev–Trinajstić information content (AvgIpc) is 3.39. The van der Waals surface area contributed by atoms with Crippen LogP contribution < -0.4 is 5.32 Å². The van der Waals surface area contributed by atoms with Crippen molar-refractivity contribution in [2.24, 2.45) is 13.0 Å². The maximum Gasteiger partial charge on any atom is 0.254 e. The summed E-state index contributed by atoms with van der Waals surface area (Å²) in [6.45, 7) is 2.65. The van der Waals surface area contributed by atoms with Gasteiger partial charge in [0.05, 0.1) is 34.2 Å². The Balaban J connectivity index is 1.18. The van der Waals surface area contributed by atoms with Gasteiger partial charge in [-0.15, -0.1) is 0 Å². The van der Waals surface area contributed by atoms with Crippen LogP contribution >= 0.6 is 0 Å². The number of hydrogen-bond donors (Lipinski definition) is 1. The molecule has 6 nitrogen and oxygen atoms in total. The van der Waals surface area contributed by atoms with E-state index in [1.165, 1.54) is 11.3 Å². The molecule has 6 heteroatoms. The number of nitrogens with zero attached hydrogens (tertiary/aromatic N) is 4. The van der Waals surface area contributed by atoms with Crippen molar-refractivity contribution in [2.45, 2.75) is 38.5 Å². The van der Waals surface area contributed by atoms with Gasteiger partial charge in [-0.2, -0.15) is 5.10 Å². The van der Waals surface area contributed by atoms with Crippen molar-refractivity contribution in [3.63, 3.8) is 0 Å². The Kier molecular flexibility index (Phi) is 5.52. The van der Waals surface area contributed by atoms with Gasteiger partial charge in [0.1, 0.15) is 5.82 Å². The predicted octanol–water partition coefficient (Wildman–Crippen LogP) is 4.77. The summed E-state index contributed by atoms with van der Waals surface area (Å²) in [7, 11) is 2.12. The lowest BCUT2D eigenvalue weighted by molar-refractivity contribution is 0.0942. The molecule has 1 aliphatic carbocycles. The summed E-state index contributed by atoms with van der Waals surface area (Å²) in [6.07, 6.45) is 6.11. The Morgan fingerprint density at radius 1 is 1.03 bits per heavy atom. The minimum absolute atomic E-state index is 0.0397. The minimum atomic E-state index is -0.0397. The van der Waals surface area contributed by atoms with E-state index in [0.717, 1.165) is 42.6 Å². The van der Waals surface area contributed by atoms with Gasteiger partial charge in [0, 0.05) is 19.5 Å². The molecule has 0 unspecified atom stereocenters. The van der Waals surface area contributed by atoms with E-state index in [0.29, 0.717) is 23.9 Å². The van der Waals surface area contributed by atoms with E-state index < -0.39 is 0 Å². The number of amides is 1. The number of benzene rings is 2. The van der Waals surface area contributed by atoms with Crippen LogP contribution in [0.4, 0.5) is 0 Å². The van der Waals surface area contributed by atoms with Crippen LogP contribution in [0.1, 0.15) is 53.5 Å². The van der Waals surface area contributed by atoms with E-state index in [1.54, 1.807) is 6.20 Å². The maximum absolute atomic E-state index is 12.8. The van der Waals surface area contributed by atoms with Gasteiger partial charge in [-0.05, 0) is 62.8 Å². The highest BCUT2D eigenvalue weighted by Gasteiger charge is 2.26. The molecule has 32 heavy (non-hydrogen) atoms. The van der Waals surface area contributed by atoms with Gasteiger partial charge < -0.3 is 9.88 Å². The van der Waals surface area contributed by atoms with E-state index in [4.69, 9.17) is 4.98 Å². The fourth-order valence-corrected chi connectivity index (χ4v) is 4.95. The molecule has 5 rings (SSSR count). The Morgan fingerprint density at radius 3 is 2.50 bits per heavy atom. The molecule has 1 N–H and O–H groups in total. The number of carbonyl (C=O) groups excluding carboxylic acids is 1. The molecule has 1 fully saturated rings. The summed E-state index contributed by atoms with van der Waals surface area (Å²) < 4.78 is 4.06. The van der Waals surface area contributed by atoms with Crippen molar-refractivity contribution in [3.8, 4) is 5.69 Å². The molecule has 1 amide bonds. The summed E-state index contributed by atoms with van der Waals surface area (Å²) >= 11 is 0. The van der Waals surface area contributed by atoms with Gasteiger partial charge in [0.2, 0.25) is 0 Å². The largest absolute Gasteiger partial charge is 0.352 e. The smallest absolute Gasteiger partial charge is 0.254 e. The number of imidazole rings is 1. The molecule has 164 valence electrons. The number of aromatic nitrogens is 4. The van der Waals surface area contributed by atoms with Crippen molar-refractivity contribution >= 4 is 16.9 Å². The predicted molar refractivity (Wildman–Crippen MR) is 126 cm³/mol. The molecule has 1 aliphatic rings. The lowest BCUT2D eigenvalue weighted by atomic mass is 9.81. The summed E-state index contributed by atoms with van der Waals surface area (Å²) in [6, 6.07) is 18.2. The number of hydrogen-bond acceptors (Lipinski definition) is 3. The zero-order valence-corrected chi connectivity index (χ0v) is 18.7. The van der Waals surface area contributed by atoms with Gasteiger partial charge in [0.25, 0.3) is 5.91 Å². The average molecular weight is 428 g/mol. The quantitative estimate of drug-likeness (QED) is 0.499. The first-order chi connectivity index (χ1) is 15.6. The van der Waals surface area contributed by atoms with Crippen LogP contribution in [0, 0.1) is 12.8 Å². The first kappa shape index (κ1) is 20.5. The Bertz CT molecular complexity index is 1230. The van der Waals surface area contributed by atoms with Crippen LogP contribution in [0.3, 0.4) is 0 Å². The molecular formula is C26H29N5O. The lowest BCUT2D eigenvalue weighted by Gasteiger charge is -2.28. The second-order valence-corrected chi connectivity index (χ2v) is 8.84. The molecule has 0 bridgehead atoms. The van der Waals surface area contributed by atoms with E-state index in [1.807, 2.05) is 48.0 Å². The van der Waals surface area contributed by atoms with Crippen LogP contribution in [0.5, 0.6) is 0 Å². The fraction of sp³-hybridized carbons (Fsp3) is 0.346. The van der Waals surface area contributed by atoms with Gasteiger partial charge in [0.15, 0.2) is 0 Å². The third-order valence-corrected chi connectivity index (χ3v) is 6.84. The molecule has 2 heterocycles. The Morgan fingerprint density at radius 2 is 1.75 bits per heavy atom. The van der Waals surface area contributed by atoms with Crippen molar-refractivity contribution in [1.29, 1.82) is 0 Å². The maximum atomic E-state index is 12.8. The normalized spacial score (nSPS) is 18.7. The highest BCUT2D eigenvalue weighted by molar-refractivity contribution is 5.95. The van der Waals surface area contributed by atoms with Crippen molar-refractivity contribution in [2.75, 3.05) is 6.54 Å². The van der Waals surface area contributed by atoms with Crippen molar-refractivity contribution < 1.29 is 4.79 Å². The highest BCUT2D eigenvalue weighted by Crippen LogP contribution is 2.36. The number of carbonyl (C=O) groups is 1. The monoisotopic (exact) mass is 427 g/mol. The molecule has 2 aromatic heterocycles. The van der Waals surface area contributed by atoms with Gasteiger partial charge >= 0.3 is 0 Å². The Hall–Kier alpha value is -3.41. The molecule has 2 aromatic carbocycles. The number of rotatable bonds is 5. The third kappa shape index (κ3) is 3.81. The SMILES string of the molecule is Cc1c(C(=O)NCC2CCC(c3nc4ccccc4n3C)CC2)cnn1-c1ccccc1. The molecule has 0 saturated heterocycles.